The first-order valence-electron chi connectivity index (χ1n) is 8.68. The van der Waals surface area contributed by atoms with Gasteiger partial charge in [0.05, 0.1) is 25.5 Å². The van der Waals surface area contributed by atoms with Crippen LogP contribution in [0.5, 0.6) is 0 Å². The molecule has 0 bridgehead atoms. The lowest BCUT2D eigenvalue weighted by molar-refractivity contribution is 0.0689. The Hall–Kier alpha value is -0.870. The van der Waals surface area contributed by atoms with Crippen molar-refractivity contribution in [1.82, 2.24) is 20.4 Å². The van der Waals surface area contributed by atoms with E-state index in [9.17, 15) is 0 Å². The number of aromatic nitrogens is 2. The van der Waals surface area contributed by atoms with Crippen LogP contribution in [-0.4, -0.2) is 55.8 Å². The van der Waals surface area contributed by atoms with Gasteiger partial charge in [-0.25, -0.2) is 4.99 Å². The number of methoxy groups -OCH3 is 1. The van der Waals surface area contributed by atoms with Crippen molar-refractivity contribution in [1.29, 1.82) is 0 Å². The zero-order valence-corrected chi connectivity index (χ0v) is 18.6. The summed E-state index contributed by atoms with van der Waals surface area (Å²) in [6.45, 7) is 10.6. The number of aliphatic imine (C=N–C) groups is 1. The summed E-state index contributed by atoms with van der Waals surface area (Å²) >= 11 is 0. The third-order valence-electron chi connectivity index (χ3n) is 3.84. The van der Waals surface area contributed by atoms with Crippen LogP contribution in [0.3, 0.4) is 0 Å². The highest BCUT2D eigenvalue weighted by molar-refractivity contribution is 14.0. The summed E-state index contributed by atoms with van der Waals surface area (Å²) < 4.78 is 12.3. The smallest absolute Gasteiger partial charge is 0.191 e. The van der Waals surface area contributed by atoms with E-state index >= 15 is 0 Å². The number of unbranched alkanes of at least 4 members (excludes halogenated alkanes) is 1. The molecule has 1 aromatic rings. The molecular weight excluding hydrogens is 433 g/mol. The molecule has 8 heteroatoms. The molecule has 146 valence electrons. The average molecular weight is 467 g/mol. The molecule has 0 amide bonds. The fourth-order valence-electron chi connectivity index (χ4n) is 2.33. The molecule has 0 aliphatic heterocycles. The predicted molar refractivity (Wildman–Crippen MR) is 113 cm³/mol. The summed E-state index contributed by atoms with van der Waals surface area (Å²) in [5, 5.41) is 11.1. The molecule has 0 aromatic carbocycles. The van der Waals surface area contributed by atoms with Crippen molar-refractivity contribution in [2.24, 2.45) is 12.0 Å². The maximum atomic E-state index is 5.45. The molecule has 0 radical (unpaired) electrons. The van der Waals surface area contributed by atoms with Crippen molar-refractivity contribution in [2.45, 2.75) is 40.2 Å². The average Bonchev–Trinajstić information content (AvgIpc) is 2.80. The summed E-state index contributed by atoms with van der Waals surface area (Å²) in [5.74, 6) is 0.848. The largest absolute Gasteiger partial charge is 0.382 e. The molecule has 25 heavy (non-hydrogen) atoms. The first kappa shape index (κ1) is 24.1. The molecule has 0 saturated heterocycles. The van der Waals surface area contributed by atoms with Crippen LogP contribution in [0, 0.1) is 13.8 Å². The Morgan fingerprint density at radius 3 is 2.52 bits per heavy atom. The molecule has 1 aromatic heterocycles. The van der Waals surface area contributed by atoms with E-state index in [1.54, 1.807) is 7.11 Å². The van der Waals surface area contributed by atoms with E-state index in [2.05, 4.69) is 34.6 Å². The third kappa shape index (κ3) is 9.41. The van der Waals surface area contributed by atoms with Crippen LogP contribution in [0.2, 0.25) is 0 Å². The third-order valence-corrected chi connectivity index (χ3v) is 3.84. The summed E-state index contributed by atoms with van der Waals surface area (Å²) in [6.07, 6.45) is 2.07. The van der Waals surface area contributed by atoms with Crippen molar-refractivity contribution in [3.05, 3.63) is 17.0 Å². The van der Waals surface area contributed by atoms with Gasteiger partial charge in [-0.05, 0) is 33.6 Å². The number of ether oxygens (including phenoxy) is 2. The maximum Gasteiger partial charge on any atom is 0.191 e. The van der Waals surface area contributed by atoms with E-state index in [4.69, 9.17) is 9.47 Å². The van der Waals surface area contributed by atoms with Gasteiger partial charge in [0.1, 0.15) is 0 Å². The van der Waals surface area contributed by atoms with Gasteiger partial charge in [0.15, 0.2) is 5.96 Å². The van der Waals surface area contributed by atoms with Crippen molar-refractivity contribution >= 4 is 29.9 Å². The van der Waals surface area contributed by atoms with Gasteiger partial charge < -0.3 is 20.1 Å². The molecule has 2 N–H and O–H groups in total. The van der Waals surface area contributed by atoms with E-state index in [1.165, 1.54) is 11.3 Å². The molecule has 0 atom stereocenters. The lowest BCUT2D eigenvalue weighted by atomic mass is 10.2. The van der Waals surface area contributed by atoms with Gasteiger partial charge in [-0.1, -0.05) is 0 Å². The normalized spacial score (nSPS) is 11.3. The van der Waals surface area contributed by atoms with Gasteiger partial charge in [0.2, 0.25) is 0 Å². The maximum absolute atomic E-state index is 5.45. The second-order valence-corrected chi connectivity index (χ2v) is 5.71. The van der Waals surface area contributed by atoms with Crippen LogP contribution in [0.4, 0.5) is 0 Å². The fourth-order valence-corrected chi connectivity index (χ4v) is 2.33. The van der Waals surface area contributed by atoms with Gasteiger partial charge in [-0.15, -0.1) is 24.0 Å². The highest BCUT2D eigenvalue weighted by Gasteiger charge is 2.08. The standard InChI is InChI=1S/C17H33N5O2.HI/c1-6-18-17(19-9-7-8-10-24-12-11-23-5)20-13-16-14(2)21-22(4)15(16)3;/h6-13H2,1-5H3,(H2,18,19,20);1H. The number of halogens is 1. The van der Waals surface area contributed by atoms with Crippen molar-refractivity contribution in [3.8, 4) is 0 Å². The lowest BCUT2D eigenvalue weighted by Gasteiger charge is -2.11. The van der Waals surface area contributed by atoms with Gasteiger partial charge in [0, 0.05) is 45.1 Å². The Balaban J connectivity index is 0.00000576. The highest BCUT2D eigenvalue weighted by Crippen LogP contribution is 2.12. The van der Waals surface area contributed by atoms with E-state index in [0.717, 1.165) is 44.2 Å². The van der Waals surface area contributed by atoms with Gasteiger partial charge >= 0.3 is 0 Å². The predicted octanol–water partition coefficient (Wildman–Crippen LogP) is 2.15. The second kappa shape index (κ2) is 14.3. The number of nitrogens with zero attached hydrogens (tertiary/aromatic N) is 3. The Bertz CT molecular complexity index is 505. The molecule has 1 rings (SSSR count). The van der Waals surface area contributed by atoms with Crippen LogP contribution in [0.25, 0.3) is 0 Å². The SMILES string of the molecule is CCNC(=NCc1c(C)nn(C)c1C)NCCCCOCCOC.I. The molecule has 0 saturated carbocycles. The van der Waals surface area contributed by atoms with Crippen LogP contribution in [0.1, 0.15) is 36.7 Å². The number of aryl methyl sites for hydroxylation is 2. The first-order valence-corrected chi connectivity index (χ1v) is 8.68. The molecule has 7 nitrogen and oxygen atoms in total. The highest BCUT2D eigenvalue weighted by atomic mass is 127. The summed E-state index contributed by atoms with van der Waals surface area (Å²) in [5.41, 5.74) is 3.41. The Morgan fingerprint density at radius 2 is 1.92 bits per heavy atom. The van der Waals surface area contributed by atoms with Crippen LogP contribution < -0.4 is 10.6 Å². The Morgan fingerprint density at radius 1 is 1.16 bits per heavy atom. The quantitative estimate of drug-likeness (QED) is 0.226. The van der Waals surface area contributed by atoms with E-state index in [1.807, 2.05) is 18.7 Å². The minimum absolute atomic E-state index is 0. The van der Waals surface area contributed by atoms with E-state index < -0.39 is 0 Å². The van der Waals surface area contributed by atoms with Crippen LogP contribution >= 0.6 is 24.0 Å². The van der Waals surface area contributed by atoms with Crippen LogP contribution in [0.15, 0.2) is 4.99 Å². The zero-order chi connectivity index (χ0) is 17.8. The lowest BCUT2D eigenvalue weighted by Crippen LogP contribution is -2.37. The molecule has 0 unspecified atom stereocenters. The molecule has 0 spiro atoms. The second-order valence-electron chi connectivity index (χ2n) is 5.71. The van der Waals surface area contributed by atoms with Gasteiger partial charge in [0.25, 0.3) is 0 Å². The molecular formula is C17H34IN5O2. The summed E-state index contributed by atoms with van der Waals surface area (Å²) in [6, 6.07) is 0. The molecule has 1 heterocycles. The molecule has 0 aliphatic carbocycles. The zero-order valence-electron chi connectivity index (χ0n) is 16.2. The van der Waals surface area contributed by atoms with Gasteiger partial charge in [-0.2, -0.15) is 5.10 Å². The van der Waals surface area contributed by atoms with E-state index in [0.29, 0.717) is 19.8 Å². The number of nitrogens with one attached hydrogen (secondary N) is 2. The number of hydrogen-bond acceptors (Lipinski definition) is 4. The minimum Gasteiger partial charge on any atom is -0.382 e. The van der Waals surface area contributed by atoms with Crippen LogP contribution in [-0.2, 0) is 23.1 Å². The minimum atomic E-state index is 0. The van der Waals surface area contributed by atoms with Gasteiger partial charge in [-0.3, -0.25) is 4.68 Å². The van der Waals surface area contributed by atoms with Crippen molar-refractivity contribution in [2.75, 3.05) is 40.0 Å². The number of guanidine groups is 1. The van der Waals surface area contributed by atoms with Crippen molar-refractivity contribution in [3.63, 3.8) is 0 Å². The van der Waals surface area contributed by atoms with Crippen molar-refractivity contribution < 1.29 is 9.47 Å². The fraction of sp³-hybridized carbons (Fsp3) is 0.765. The Labute approximate surface area is 169 Å². The molecule has 0 fully saturated rings. The first-order chi connectivity index (χ1) is 11.6. The number of rotatable bonds is 11. The Kier molecular flexibility index (Phi) is 13.8. The molecule has 0 aliphatic rings. The summed E-state index contributed by atoms with van der Waals surface area (Å²) in [4.78, 5) is 4.67. The monoisotopic (exact) mass is 467 g/mol. The number of hydrogen-bond donors (Lipinski definition) is 2. The topological polar surface area (TPSA) is 72.7 Å². The van der Waals surface area contributed by atoms with E-state index in [-0.39, 0.29) is 24.0 Å². The summed E-state index contributed by atoms with van der Waals surface area (Å²) in [7, 11) is 3.65.